The van der Waals surface area contributed by atoms with Gasteiger partial charge in [0.1, 0.15) is 12.0 Å². The molecule has 0 radical (unpaired) electrons. The van der Waals surface area contributed by atoms with Gasteiger partial charge in [-0.05, 0) is 64.5 Å². The van der Waals surface area contributed by atoms with Gasteiger partial charge in [-0.2, -0.15) is 14.5 Å². The largest absolute Gasteiger partial charge is 0.618 e. The first-order chi connectivity index (χ1) is 21.9. The molecule has 0 fully saturated rings. The number of carboxylic acid groups (broad SMARTS) is 1. The highest BCUT2D eigenvalue weighted by molar-refractivity contribution is 6.31. The summed E-state index contributed by atoms with van der Waals surface area (Å²) in [5.74, 6) is -1.01. The van der Waals surface area contributed by atoms with Crippen LogP contribution < -0.4 is 4.73 Å². The zero-order valence-electron chi connectivity index (χ0n) is 23.2. The van der Waals surface area contributed by atoms with Gasteiger partial charge in [-0.25, -0.2) is 9.48 Å². The highest BCUT2D eigenvalue weighted by Gasteiger charge is 2.29. The van der Waals surface area contributed by atoms with Gasteiger partial charge in [0.2, 0.25) is 5.69 Å². The molecule has 1 unspecified atom stereocenters. The van der Waals surface area contributed by atoms with Crippen LogP contribution in [0.2, 0.25) is 5.02 Å². The van der Waals surface area contributed by atoms with Crippen molar-refractivity contribution in [2.45, 2.75) is 6.04 Å². The molecule has 0 aliphatic heterocycles. The number of halogens is 1. The Kier molecular flexibility index (Phi) is 7.04. The zero-order valence-corrected chi connectivity index (χ0v) is 23.9. The van der Waals surface area contributed by atoms with Gasteiger partial charge in [0, 0.05) is 34.0 Å². The molecule has 14 heteroatoms. The van der Waals surface area contributed by atoms with Crippen LogP contribution in [0, 0.1) is 5.21 Å². The Morgan fingerprint density at radius 1 is 0.889 bits per heavy atom. The molecule has 220 valence electrons. The van der Waals surface area contributed by atoms with E-state index >= 15 is 0 Å². The van der Waals surface area contributed by atoms with Crippen LogP contribution in [0.25, 0.3) is 33.6 Å². The third-order valence-corrected chi connectivity index (χ3v) is 7.47. The molecule has 4 aromatic heterocycles. The summed E-state index contributed by atoms with van der Waals surface area (Å²) in [6.07, 6.45) is 8.10. The van der Waals surface area contributed by atoms with Crippen LogP contribution in [0.5, 0.6) is 0 Å². The first-order valence-electron chi connectivity index (χ1n) is 13.6. The molecule has 0 aliphatic rings. The summed E-state index contributed by atoms with van der Waals surface area (Å²) in [6.45, 7) is 0. The number of pyridine rings is 1. The summed E-state index contributed by atoms with van der Waals surface area (Å²) in [6, 6.07) is 24.0. The minimum absolute atomic E-state index is 0.178. The quantitative estimate of drug-likeness (QED) is 0.193. The van der Waals surface area contributed by atoms with E-state index in [4.69, 9.17) is 11.6 Å². The number of tetrazole rings is 1. The maximum atomic E-state index is 13.8. The molecular formula is C31H21ClN10O3. The number of hydrogen-bond donors (Lipinski definition) is 1. The molecule has 4 heterocycles. The molecule has 3 aromatic carbocycles. The first-order valence-corrected chi connectivity index (χ1v) is 13.9. The Morgan fingerprint density at radius 3 is 2.42 bits per heavy atom. The lowest BCUT2D eigenvalue weighted by Gasteiger charge is -2.16. The lowest BCUT2D eigenvalue weighted by Crippen LogP contribution is -2.36. The number of para-hydroxylation sites is 1. The van der Waals surface area contributed by atoms with Gasteiger partial charge in [0.25, 0.3) is 0 Å². The van der Waals surface area contributed by atoms with Gasteiger partial charge in [-0.3, -0.25) is 4.68 Å². The fraction of sp³-hybridized carbons (Fsp3) is 0.0323. The zero-order chi connectivity index (χ0) is 30.9. The average Bonchev–Trinajstić information content (AvgIpc) is 3.86. The fourth-order valence-electron chi connectivity index (χ4n) is 5.04. The predicted molar refractivity (Wildman–Crippen MR) is 162 cm³/mol. The number of rotatable bonds is 8. The molecular weight excluding hydrogens is 596 g/mol. The molecule has 45 heavy (non-hydrogen) atoms. The highest BCUT2D eigenvalue weighted by Crippen LogP contribution is 2.31. The van der Waals surface area contributed by atoms with Crippen LogP contribution in [-0.2, 0) is 0 Å². The Morgan fingerprint density at radius 2 is 1.69 bits per heavy atom. The van der Waals surface area contributed by atoms with Gasteiger partial charge in [-0.15, -0.1) is 10.2 Å². The maximum Gasteiger partial charge on any atom is 0.335 e. The average molecular weight is 617 g/mol. The lowest BCUT2D eigenvalue weighted by atomic mass is 10.0. The molecule has 0 saturated carbocycles. The van der Waals surface area contributed by atoms with E-state index in [1.54, 1.807) is 64.4 Å². The SMILES string of the molecule is O=C(O)c1ccc(-c2cnn(C(c3cn(-c4ccccc4)nn3)c3ccc(-c4cc(Cl)ccc4-n4cnnn4)c[n+]3[O-])c2)cc1. The molecule has 0 amide bonds. The predicted octanol–water partition coefficient (Wildman–Crippen LogP) is 4.40. The molecule has 7 aromatic rings. The summed E-state index contributed by atoms with van der Waals surface area (Å²) >= 11 is 6.34. The van der Waals surface area contributed by atoms with Crippen molar-refractivity contribution >= 4 is 17.6 Å². The normalized spacial score (nSPS) is 11.8. The van der Waals surface area contributed by atoms with Crippen LogP contribution in [0.4, 0.5) is 0 Å². The number of aromatic nitrogens is 10. The Labute approximate surface area is 259 Å². The highest BCUT2D eigenvalue weighted by atomic mass is 35.5. The molecule has 1 atom stereocenters. The van der Waals surface area contributed by atoms with E-state index in [1.165, 1.54) is 29.3 Å². The summed E-state index contributed by atoms with van der Waals surface area (Å²) in [5, 5.41) is 48.4. The third kappa shape index (κ3) is 5.39. The summed E-state index contributed by atoms with van der Waals surface area (Å²) in [7, 11) is 0. The van der Waals surface area contributed by atoms with E-state index in [1.807, 2.05) is 36.4 Å². The molecule has 0 bridgehead atoms. The van der Waals surface area contributed by atoms with Crippen LogP contribution in [0.1, 0.15) is 27.8 Å². The van der Waals surface area contributed by atoms with Crippen molar-refractivity contribution < 1.29 is 14.6 Å². The standard InChI is InChI=1S/C31H21ClN10O3/c32-24-11-13-28(41-19-33-36-38-41)26(14-24)22-10-12-29(42(45)17-22)30(27-18-39(37-35-27)25-4-2-1-3-5-25)40-16-23(15-34-40)20-6-8-21(9-7-20)31(43)44/h1-19,30H,(H,43,44). The van der Waals surface area contributed by atoms with Crippen molar-refractivity contribution in [3.8, 4) is 33.6 Å². The van der Waals surface area contributed by atoms with Crippen molar-refractivity contribution in [2.24, 2.45) is 0 Å². The van der Waals surface area contributed by atoms with Gasteiger partial charge in [0.15, 0.2) is 12.2 Å². The topological polar surface area (TPSA) is 156 Å². The van der Waals surface area contributed by atoms with Crippen molar-refractivity contribution in [3.05, 3.63) is 143 Å². The van der Waals surface area contributed by atoms with Crippen LogP contribution in [0.15, 0.2) is 116 Å². The number of nitrogens with zero attached hydrogens (tertiary/aromatic N) is 10. The second kappa shape index (κ2) is 11.5. The van der Waals surface area contributed by atoms with Crippen molar-refractivity contribution in [1.29, 1.82) is 0 Å². The van der Waals surface area contributed by atoms with Gasteiger partial charge >= 0.3 is 5.97 Å². The van der Waals surface area contributed by atoms with Gasteiger partial charge < -0.3 is 10.3 Å². The molecule has 1 N–H and O–H groups in total. The third-order valence-electron chi connectivity index (χ3n) is 7.23. The minimum Gasteiger partial charge on any atom is -0.618 e. The molecule has 0 aliphatic carbocycles. The number of benzene rings is 3. The maximum absolute atomic E-state index is 13.8. The Bertz CT molecular complexity index is 2130. The Hall–Kier alpha value is -6.21. The van der Waals surface area contributed by atoms with Gasteiger partial charge in [-0.1, -0.05) is 47.1 Å². The number of aromatic carboxylic acids is 1. The molecule has 7 rings (SSSR count). The van der Waals surface area contributed by atoms with Crippen LogP contribution in [0.3, 0.4) is 0 Å². The van der Waals surface area contributed by atoms with Crippen LogP contribution >= 0.6 is 11.6 Å². The lowest BCUT2D eigenvalue weighted by molar-refractivity contribution is -0.615. The smallest absolute Gasteiger partial charge is 0.335 e. The second-order valence-electron chi connectivity index (χ2n) is 10.0. The number of hydrogen-bond acceptors (Lipinski definition) is 8. The summed E-state index contributed by atoms with van der Waals surface area (Å²) < 4.78 is 5.53. The molecule has 0 saturated heterocycles. The minimum atomic E-state index is -1.01. The van der Waals surface area contributed by atoms with E-state index in [0.29, 0.717) is 33.2 Å². The van der Waals surface area contributed by atoms with Gasteiger partial charge in [0.05, 0.1) is 29.3 Å². The van der Waals surface area contributed by atoms with E-state index in [-0.39, 0.29) is 5.56 Å². The van der Waals surface area contributed by atoms with E-state index in [9.17, 15) is 15.1 Å². The first kappa shape index (κ1) is 27.6. The Balaban J connectivity index is 1.32. The molecule has 0 spiro atoms. The second-order valence-corrected chi connectivity index (χ2v) is 10.4. The van der Waals surface area contributed by atoms with Crippen molar-refractivity contribution in [2.75, 3.05) is 0 Å². The monoisotopic (exact) mass is 616 g/mol. The number of carbonyl (C=O) groups is 1. The fourth-order valence-corrected chi connectivity index (χ4v) is 5.21. The molecule has 13 nitrogen and oxygen atoms in total. The van der Waals surface area contributed by atoms with E-state index in [2.05, 4.69) is 30.9 Å². The summed E-state index contributed by atoms with van der Waals surface area (Å²) in [5.41, 5.74) is 5.17. The van der Waals surface area contributed by atoms with Crippen LogP contribution in [-0.4, -0.2) is 56.1 Å². The van der Waals surface area contributed by atoms with Crippen molar-refractivity contribution in [1.82, 2.24) is 45.0 Å². The number of carboxylic acids is 1. The summed E-state index contributed by atoms with van der Waals surface area (Å²) in [4.78, 5) is 11.3. The van der Waals surface area contributed by atoms with E-state index < -0.39 is 12.0 Å². The van der Waals surface area contributed by atoms with E-state index in [0.717, 1.165) is 21.5 Å². The van der Waals surface area contributed by atoms with Crippen molar-refractivity contribution in [3.63, 3.8) is 0 Å².